The van der Waals surface area contributed by atoms with Crippen molar-refractivity contribution in [3.63, 3.8) is 0 Å². The molecule has 0 radical (unpaired) electrons. The fourth-order valence-electron chi connectivity index (χ4n) is 11.9. The number of Topliss-reactive ketones (excluding diaryl/α,β-unsaturated/α-hetero) is 1. The van der Waals surface area contributed by atoms with E-state index in [9.17, 15) is 19.5 Å². The van der Waals surface area contributed by atoms with Crippen LogP contribution in [0.1, 0.15) is 97.7 Å². The Labute approximate surface area is 252 Å². The highest BCUT2D eigenvalue weighted by Crippen LogP contribution is 2.81. The van der Waals surface area contributed by atoms with Gasteiger partial charge in [0, 0.05) is 21.8 Å². The first-order valence-electron chi connectivity index (χ1n) is 16.3. The maximum atomic E-state index is 14.9. The van der Waals surface area contributed by atoms with Crippen LogP contribution in [0.25, 0.3) is 0 Å². The van der Waals surface area contributed by atoms with Crippen LogP contribution in [-0.2, 0) is 33.3 Å². The number of hydrogen-bond acceptors (Lipinski definition) is 9. The quantitative estimate of drug-likeness (QED) is 0.389. The van der Waals surface area contributed by atoms with Gasteiger partial charge in [0.2, 0.25) is 0 Å². The molecule has 7 fully saturated rings. The Bertz CT molecular complexity index is 1380. The number of aliphatic hydroxyl groups excluding tert-OH is 1. The summed E-state index contributed by atoms with van der Waals surface area (Å²) in [6, 6.07) is 1.80. The average molecular weight is 597 g/mol. The van der Waals surface area contributed by atoms with Gasteiger partial charge in [-0.15, -0.1) is 0 Å². The molecule has 4 aliphatic heterocycles. The van der Waals surface area contributed by atoms with Crippen LogP contribution in [0.5, 0.6) is 0 Å². The smallest absolute Gasteiger partial charge is 0.339 e. The predicted octanol–water partition coefficient (Wildman–Crippen LogP) is 4.69. The number of hydrogen-bond donors (Lipinski definition) is 1. The minimum Gasteiger partial charge on any atom is -0.472 e. The molecule has 4 saturated heterocycles. The summed E-state index contributed by atoms with van der Waals surface area (Å²) in [7, 11) is 0. The predicted molar refractivity (Wildman–Crippen MR) is 150 cm³/mol. The number of rotatable bonds is 4. The number of epoxide rings is 1. The minimum absolute atomic E-state index is 0.0754. The van der Waals surface area contributed by atoms with Crippen LogP contribution in [0.2, 0.25) is 0 Å². The number of carbonyl (C=O) groups excluding carboxylic acids is 3. The topological polar surface area (TPSA) is 125 Å². The molecular weight excluding hydrogens is 552 g/mol. The van der Waals surface area contributed by atoms with Crippen LogP contribution < -0.4 is 0 Å². The molecular formula is C34H44O9. The van der Waals surface area contributed by atoms with E-state index in [0.717, 1.165) is 24.8 Å². The molecule has 3 spiro atoms. The Morgan fingerprint density at radius 1 is 1.02 bits per heavy atom. The van der Waals surface area contributed by atoms with Gasteiger partial charge >= 0.3 is 11.9 Å². The molecule has 0 bridgehead atoms. The normalized spacial score (nSPS) is 50.8. The van der Waals surface area contributed by atoms with E-state index in [1.54, 1.807) is 18.6 Å². The first-order chi connectivity index (χ1) is 20.3. The second-order valence-electron chi connectivity index (χ2n) is 15.9. The molecule has 3 aliphatic carbocycles. The van der Waals surface area contributed by atoms with E-state index in [0.29, 0.717) is 38.0 Å². The van der Waals surface area contributed by atoms with Crippen LogP contribution >= 0.6 is 0 Å². The van der Waals surface area contributed by atoms with Crippen molar-refractivity contribution < 1.29 is 42.9 Å². The molecule has 234 valence electrons. The molecule has 0 unspecified atom stereocenters. The van der Waals surface area contributed by atoms with Crippen molar-refractivity contribution >= 4 is 17.7 Å². The largest absolute Gasteiger partial charge is 0.472 e. The lowest BCUT2D eigenvalue weighted by Crippen LogP contribution is -2.77. The van der Waals surface area contributed by atoms with Gasteiger partial charge in [0.25, 0.3) is 0 Å². The number of carbonyl (C=O) groups is 3. The molecule has 0 aromatic carbocycles. The number of aliphatic hydroxyl groups is 1. The number of esters is 2. The van der Waals surface area contributed by atoms with E-state index in [1.807, 2.05) is 13.8 Å². The molecule has 7 aliphatic rings. The van der Waals surface area contributed by atoms with Gasteiger partial charge < -0.3 is 28.5 Å². The third-order valence-electron chi connectivity index (χ3n) is 13.7. The van der Waals surface area contributed by atoms with E-state index in [4.69, 9.17) is 23.4 Å². The van der Waals surface area contributed by atoms with E-state index in [1.165, 1.54) is 0 Å². The second-order valence-corrected chi connectivity index (χ2v) is 15.9. The monoisotopic (exact) mass is 596 g/mol. The molecule has 9 heteroatoms. The van der Waals surface area contributed by atoms with Crippen LogP contribution in [0, 0.1) is 39.4 Å². The fourth-order valence-corrected chi connectivity index (χ4v) is 11.9. The van der Waals surface area contributed by atoms with Crippen LogP contribution in [-0.4, -0.2) is 58.9 Å². The van der Waals surface area contributed by atoms with Gasteiger partial charge in [0.05, 0.1) is 35.6 Å². The third kappa shape index (κ3) is 2.99. The van der Waals surface area contributed by atoms with Gasteiger partial charge in [-0.1, -0.05) is 40.5 Å². The zero-order chi connectivity index (χ0) is 30.4. The van der Waals surface area contributed by atoms with Crippen molar-refractivity contribution in [3.8, 4) is 0 Å². The van der Waals surface area contributed by atoms with Crippen molar-refractivity contribution in [2.45, 2.75) is 122 Å². The number of furan rings is 1. The van der Waals surface area contributed by atoms with Crippen molar-refractivity contribution in [1.82, 2.24) is 0 Å². The second kappa shape index (κ2) is 8.52. The Hall–Kier alpha value is -2.23. The molecule has 11 atom stereocenters. The Balaban J connectivity index is 1.33. The van der Waals surface area contributed by atoms with Crippen molar-refractivity contribution in [2.24, 2.45) is 39.4 Å². The molecule has 8 rings (SSSR count). The van der Waals surface area contributed by atoms with E-state index in [2.05, 4.69) is 20.8 Å². The summed E-state index contributed by atoms with van der Waals surface area (Å²) in [4.78, 5) is 42.2. The highest BCUT2D eigenvalue weighted by Gasteiger charge is 2.91. The van der Waals surface area contributed by atoms with Gasteiger partial charge in [-0.25, -0.2) is 4.79 Å². The number of ketones is 1. The van der Waals surface area contributed by atoms with Gasteiger partial charge in [0.15, 0.2) is 11.9 Å². The third-order valence-corrected chi connectivity index (χ3v) is 13.7. The van der Waals surface area contributed by atoms with Crippen LogP contribution in [0.15, 0.2) is 23.0 Å². The highest BCUT2D eigenvalue weighted by atomic mass is 16.7. The van der Waals surface area contributed by atoms with E-state index in [-0.39, 0.29) is 24.3 Å². The minimum atomic E-state index is -1.38. The zero-order valence-electron chi connectivity index (χ0n) is 25.9. The van der Waals surface area contributed by atoms with Crippen molar-refractivity contribution in [2.75, 3.05) is 6.61 Å². The number of cyclic esters (lactones) is 2. The summed E-state index contributed by atoms with van der Waals surface area (Å²) < 4.78 is 31.3. The molecule has 3 saturated carbocycles. The lowest BCUT2D eigenvalue weighted by atomic mass is 9.35. The Morgan fingerprint density at radius 3 is 2.44 bits per heavy atom. The molecule has 0 amide bonds. The SMILES string of the molecule is CC(C)CC[C@]1(C)O[C@H]2C3(CCCC3)C(=O)OC[C@]23[C@H]2CC[C@@]4(C)[C@H](c5ccoc5)OC(=O)[C@H]5O[C@]54[C@]2(C)[C@H](O)C(=O)[C@@H]31. The lowest BCUT2D eigenvalue weighted by molar-refractivity contribution is -0.264. The summed E-state index contributed by atoms with van der Waals surface area (Å²) >= 11 is 0. The van der Waals surface area contributed by atoms with Crippen LogP contribution in [0.4, 0.5) is 0 Å². The maximum Gasteiger partial charge on any atom is 0.339 e. The Kier molecular flexibility index (Phi) is 5.60. The molecule has 9 nitrogen and oxygen atoms in total. The first kappa shape index (κ1) is 28.3. The van der Waals surface area contributed by atoms with Crippen molar-refractivity contribution in [3.05, 3.63) is 24.2 Å². The van der Waals surface area contributed by atoms with Gasteiger partial charge in [-0.2, -0.15) is 0 Å². The lowest BCUT2D eigenvalue weighted by Gasteiger charge is -2.67. The summed E-state index contributed by atoms with van der Waals surface area (Å²) in [6.07, 6.45) is 5.66. The summed E-state index contributed by atoms with van der Waals surface area (Å²) in [6.45, 7) is 10.4. The summed E-state index contributed by atoms with van der Waals surface area (Å²) in [5.41, 5.74) is -4.78. The summed E-state index contributed by atoms with van der Waals surface area (Å²) in [5, 5.41) is 12.4. The highest BCUT2D eigenvalue weighted by molar-refractivity contribution is 5.92. The van der Waals surface area contributed by atoms with E-state index >= 15 is 0 Å². The van der Waals surface area contributed by atoms with Gasteiger partial charge in [-0.05, 0) is 63.4 Å². The van der Waals surface area contributed by atoms with Gasteiger partial charge in [-0.3, -0.25) is 9.59 Å². The van der Waals surface area contributed by atoms with Crippen LogP contribution in [0.3, 0.4) is 0 Å². The number of ether oxygens (including phenoxy) is 4. The zero-order valence-corrected chi connectivity index (χ0v) is 25.9. The molecule has 1 aromatic heterocycles. The first-order valence-corrected chi connectivity index (χ1v) is 16.3. The van der Waals surface area contributed by atoms with E-state index < -0.39 is 69.2 Å². The summed E-state index contributed by atoms with van der Waals surface area (Å²) in [5.74, 6) is -1.50. The fraction of sp³-hybridized carbons (Fsp3) is 0.794. The maximum absolute atomic E-state index is 14.9. The molecule has 1 N–H and O–H groups in total. The van der Waals surface area contributed by atoms with Gasteiger partial charge in [0.1, 0.15) is 24.4 Å². The molecule has 43 heavy (non-hydrogen) atoms. The standard InChI is InChI=1S/C34H44O9/c1-18(2)8-14-30(4)22-21(35)23(36)31(5)20(33(22)17-40-28(38)32(27(33)43-30)11-6-7-12-32)9-13-29(3)24(19-10-15-39-16-19)41-26(37)25-34(29,31)42-25/h10,15-16,18,20,22-25,27,36H,6-9,11-14,17H2,1-5H3/t20-,22+,23+,24-,25+,27-,29-,30-,31-,33+,34+/m0/s1. The average Bonchev–Trinajstić information content (AvgIpc) is 3.27. The molecule has 1 aromatic rings. The molecule has 5 heterocycles. The Morgan fingerprint density at radius 2 is 1.77 bits per heavy atom. The van der Waals surface area contributed by atoms with Crippen molar-refractivity contribution in [1.29, 1.82) is 0 Å². The number of fused-ring (bicyclic) bond motifs is 2.